The molecule has 136 valence electrons. The van der Waals surface area contributed by atoms with Crippen molar-refractivity contribution < 1.29 is 9.59 Å². The minimum atomic E-state index is -0.139. The maximum atomic E-state index is 12.8. The Morgan fingerprint density at radius 2 is 2.04 bits per heavy atom. The van der Waals surface area contributed by atoms with Crippen molar-refractivity contribution in [3.63, 3.8) is 0 Å². The summed E-state index contributed by atoms with van der Waals surface area (Å²) in [4.78, 5) is 29.2. The van der Waals surface area contributed by atoms with Crippen LogP contribution in [0.2, 0.25) is 0 Å². The molecule has 0 radical (unpaired) electrons. The fourth-order valence-corrected chi connectivity index (χ4v) is 4.81. The summed E-state index contributed by atoms with van der Waals surface area (Å²) in [6.45, 7) is 4.72. The van der Waals surface area contributed by atoms with E-state index in [0.29, 0.717) is 0 Å². The van der Waals surface area contributed by atoms with E-state index in [9.17, 15) is 9.59 Å². The molecule has 0 aromatic heterocycles. The minimum Gasteiger partial charge on any atom is -0.340 e. The van der Waals surface area contributed by atoms with Crippen molar-refractivity contribution in [1.29, 1.82) is 0 Å². The van der Waals surface area contributed by atoms with Crippen LogP contribution in [-0.2, 0) is 9.59 Å². The first kappa shape index (κ1) is 18.7. The molecule has 1 N–H and O–H groups in total. The maximum Gasteiger partial charge on any atom is 0.239 e. The largest absolute Gasteiger partial charge is 0.340 e. The van der Waals surface area contributed by atoms with E-state index in [-0.39, 0.29) is 24.4 Å². The van der Waals surface area contributed by atoms with Gasteiger partial charge in [0, 0.05) is 34.8 Å². The molecule has 2 saturated heterocycles. The highest BCUT2D eigenvalue weighted by Crippen LogP contribution is 2.23. The zero-order valence-corrected chi connectivity index (χ0v) is 16.9. The van der Waals surface area contributed by atoms with Gasteiger partial charge >= 0.3 is 0 Å². The molecule has 0 spiro atoms. The third-order valence-electron chi connectivity index (χ3n) is 4.78. The number of likely N-dealkylation sites (tertiary alicyclic amines) is 1. The van der Waals surface area contributed by atoms with Crippen LogP contribution in [0.1, 0.15) is 18.4 Å². The first-order valence-corrected chi connectivity index (χ1v) is 10.7. The van der Waals surface area contributed by atoms with E-state index < -0.39 is 0 Å². The summed E-state index contributed by atoms with van der Waals surface area (Å²) in [5.74, 6) is 2.17. The average molecular weight is 426 g/mol. The van der Waals surface area contributed by atoms with Crippen molar-refractivity contribution in [2.24, 2.45) is 0 Å². The van der Waals surface area contributed by atoms with Gasteiger partial charge in [-0.25, -0.2) is 0 Å². The Morgan fingerprint density at radius 3 is 2.76 bits per heavy atom. The molecule has 7 heteroatoms. The number of nitrogens with zero attached hydrogens (tertiary/aromatic N) is 2. The summed E-state index contributed by atoms with van der Waals surface area (Å²) in [5, 5.41) is 2.97. The van der Waals surface area contributed by atoms with Gasteiger partial charge in [0.15, 0.2) is 0 Å². The number of halogens is 1. The number of hydrogen-bond acceptors (Lipinski definition) is 4. The molecule has 1 aromatic carbocycles. The van der Waals surface area contributed by atoms with E-state index in [0.717, 1.165) is 59.7 Å². The molecule has 2 heterocycles. The smallest absolute Gasteiger partial charge is 0.239 e. The first-order chi connectivity index (χ1) is 12.0. The third-order valence-corrected chi connectivity index (χ3v) is 6.22. The number of amides is 2. The molecule has 2 fully saturated rings. The number of rotatable bonds is 4. The quantitative estimate of drug-likeness (QED) is 0.805. The highest BCUT2D eigenvalue weighted by Gasteiger charge is 2.35. The van der Waals surface area contributed by atoms with Crippen LogP contribution in [0.4, 0.5) is 5.69 Å². The maximum absolute atomic E-state index is 12.8. The lowest BCUT2D eigenvalue weighted by molar-refractivity contribution is -0.136. The van der Waals surface area contributed by atoms with E-state index in [1.54, 1.807) is 0 Å². The lowest BCUT2D eigenvalue weighted by Gasteiger charge is -2.32. The monoisotopic (exact) mass is 425 g/mol. The fourth-order valence-electron chi connectivity index (χ4n) is 3.43. The summed E-state index contributed by atoms with van der Waals surface area (Å²) in [7, 11) is 0. The van der Waals surface area contributed by atoms with Crippen LogP contribution in [-0.4, -0.2) is 65.3 Å². The molecule has 25 heavy (non-hydrogen) atoms. The molecular weight excluding hydrogens is 402 g/mol. The van der Waals surface area contributed by atoms with Gasteiger partial charge in [0.25, 0.3) is 0 Å². The molecular formula is C18H24BrN3O2S. The van der Waals surface area contributed by atoms with Gasteiger partial charge in [-0.2, -0.15) is 11.8 Å². The molecule has 2 aliphatic heterocycles. The Hall–Kier alpha value is -1.05. The number of aryl methyl sites for hydroxylation is 1. The molecule has 0 bridgehead atoms. The lowest BCUT2D eigenvalue weighted by atomic mass is 10.2. The molecule has 5 nitrogen and oxygen atoms in total. The number of benzene rings is 1. The van der Waals surface area contributed by atoms with Crippen molar-refractivity contribution in [2.75, 3.05) is 43.0 Å². The van der Waals surface area contributed by atoms with Crippen molar-refractivity contribution in [1.82, 2.24) is 9.80 Å². The molecule has 1 atom stereocenters. The van der Waals surface area contributed by atoms with Crippen LogP contribution in [0, 0.1) is 6.92 Å². The second kappa shape index (κ2) is 8.56. The fraction of sp³-hybridized carbons (Fsp3) is 0.556. The predicted octanol–water partition coefficient (Wildman–Crippen LogP) is 2.74. The number of hydrogen-bond donors (Lipinski definition) is 1. The predicted molar refractivity (Wildman–Crippen MR) is 106 cm³/mol. The minimum absolute atomic E-state index is 0.0562. The van der Waals surface area contributed by atoms with Crippen LogP contribution in [0.5, 0.6) is 0 Å². The number of carbonyl (C=O) groups excluding carboxylic acids is 2. The van der Waals surface area contributed by atoms with Gasteiger partial charge < -0.3 is 10.2 Å². The average Bonchev–Trinajstić information content (AvgIpc) is 3.05. The second-order valence-electron chi connectivity index (χ2n) is 6.57. The van der Waals surface area contributed by atoms with E-state index in [1.165, 1.54) is 0 Å². The van der Waals surface area contributed by atoms with Crippen LogP contribution in [0.15, 0.2) is 22.7 Å². The summed E-state index contributed by atoms with van der Waals surface area (Å²) >= 11 is 5.33. The Kier molecular flexibility index (Phi) is 6.41. The van der Waals surface area contributed by atoms with E-state index in [2.05, 4.69) is 21.2 Å². The van der Waals surface area contributed by atoms with Gasteiger partial charge in [-0.3, -0.25) is 14.5 Å². The molecule has 1 aromatic rings. The van der Waals surface area contributed by atoms with Gasteiger partial charge in [0.1, 0.15) is 0 Å². The number of carbonyl (C=O) groups is 2. The van der Waals surface area contributed by atoms with Crippen molar-refractivity contribution >= 4 is 45.2 Å². The van der Waals surface area contributed by atoms with Crippen molar-refractivity contribution in [2.45, 2.75) is 25.8 Å². The van der Waals surface area contributed by atoms with Crippen LogP contribution < -0.4 is 5.32 Å². The lowest BCUT2D eigenvalue weighted by Crippen LogP contribution is -2.49. The van der Waals surface area contributed by atoms with Crippen molar-refractivity contribution in [3.8, 4) is 0 Å². The van der Waals surface area contributed by atoms with E-state index in [1.807, 2.05) is 46.7 Å². The highest BCUT2D eigenvalue weighted by atomic mass is 79.9. The topological polar surface area (TPSA) is 52.7 Å². The second-order valence-corrected chi connectivity index (χ2v) is 8.71. The highest BCUT2D eigenvalue weighted by molar-refractivity contribution is 9.10. The molecule has 0 aliphatic carbocycles. The van der Waals surface area contributed by atoms with Gasteiger partial charge in [0.2, 0.25) is 11.8 Å². The normalized spacial score (nSPS) is 21.4. The van der Waals surface area contributed by atoms with E-state index >= 15 is 0 Å². The third kappa shape index (κ3) is 4.77. The zero-order valence-electron chi connectivity index (χ0n) is 14.5. The van der Waals surface area contributed by atoms with Crippen LogP contribution in [0.3, 0.4) is 0 Å². The molecule has 3 rings (SSSR count). The van der Waals surface area contributed by atoms with E-state index in [4.69, 9.17) is 0 Å². The van der Waals surface area contributed by atoms with Crippen LogP contribution >= 0.6 is 27.7 Å². The summed E-state index contributed by atoms with van der Waals surface area (Å²) < 4.78 is 0.993. The Morgan fingerprint density at radius 1 is 1.28 bits per heavy atom. The summed E-state index contributed by atoms with van der Waals surface area (Å²) in [6.07, 6.45) is 1.83. The van der Waals surface area contributed by atoms with Gasteiger partial charge in [-0.05, 0) is 50.1 Å². The molecule has 0 saturated carbocycles. The molecule has 2 aliphatic rings. The first-order valence-electron chi connectivity index (χ1n) is 8.71. The number of anilines is 1. The molecule has 2 amide bonds. The van der Waals surface area contributed by atoms with Gasteiger partial charge in [0.05, 0.1) is 12.6 Å². The Bertz CT molecular complexity index is 649. The standard InChI is InChI=1S/C18H24BrN3O2S/c1-13-11-14(19)4-5-15(13)20-17(23)12-22-6-2-3-16(22)18(24)21-7-9-25-10-8-21/h4-5,11,16H,2-3,6-10,12H2,1H3,(H,20,23). The zero-order chi connectivity index (χ0) is 17.8. The van der Waals surface area contributed by atoms with Gasteiger partial charge in [-0.15, -0.1) is 0 Å². The van der Waals surface area contributed by atoms with Crippen molar-refractivity contribution in [3.05, 3.63) is 28.2 Å². The van der Waals surface area contributed by atoms with Gasteiger partial charge in [-0.1, -0.05) is 15.9 Å². The Balaban J connectivity index is 1.58. The Labute approximate surface area is 161 Å². The van der Waals surface area contributed by atoms with Crippen LogP contribution in [0.25, 0.3) is 0 Å². The number of thioether (sulfide) groups is 1. The molecule has 1 unspecified atom stereocenters. The number of nitrogens with one attached hydrogen (secondary N) is 1. The summed E-state index contributed by atoms with van der Waals surface area (Å²) in [5.41, 5.74) is 1.84. The summed E-state index contributed by atoms with van der Waals surface area (Å²) in [6, 6.07) is 5.65. The SMILES string of the molecule is Cc1cc(Br)ccc1NC(=O)CN1CCCC1C(=O)N1CCSCC1.